The zero-order valence-electron chi connectivity index (χ0n) is 7.87. The smallest absolute Gasteiger partial charge is 0.158 e. The lowest BCUT2D eigenvalue weighted by Gasteiger charge is -2.01. The van der Waals surface area contributed by atoms with Gasteiger partial charge in [-0.3, -0.25) is 0 Å². The Kier molecular flexibility index (Phi) is 3.22. The summed E-state index contributed by atoms with van der Waals surface area (Å²) in [5.74, 6) is 1.81. The molecule has 12 heavy (non-hydrogen) atoms. The molecule has 0 aliphatic rings. The van der Waals surface area contributed by atoms with Crippen LogP contribution in [-0.4, -0.2) is 21.4 Å². The summed E-state index contributed by atoms with van der Waals surface area (Å²) < 4.78 is 7.28. The van der Waals surface area contributed by atoms with Gasteiger partial charge >= 0.3 is 0 Å². The lowest BCUT2D eigenvalue weighted by atomic mass is 10.5. The van der Waals surface area contributed by atoms with Crippen molar-refractivity contribution in [2.45, 2.75) is 26.9 Å². The van der Waals surface area contributed by atoms with Gasteiger partial charge in [0.15, 0.2) is 5.82 Å². The average Bonchev–Trinajstić information content (AvgIpc) is 2.36. The van der Waals surface area contributed by atoms with Gasteiger partial charge in [0.1, 0.15) is 12.4 Å². The second-order valence-electron chi connectivity index (χ2n) is 2.78. The molecule has 0 aliphatic heterocycles. The summed E-state index contributed by atoms with van der Waals surface area (Å²) in [4.78, 5) is 0. The molecule has 68 valence electrons. The van der Waals surface area contributed by atoms with Gasteiger partial charge in [0, 0.05) is 13.7 Å². The number of aryl methyl sites for hydroxylation is 1. The molecule has 4 nitrogen and oxygen atoms in total. The number of nitrogens with zero attached hydrogens (tertiary/aromatic N) is 3. The summed E-state index contributed by atoms with van der Waals surface area (Å²) in [6.07, 6.45) is 1.04. The Morgan fingerprint density at radius 2 is 2.17 bits per heavy atom. The second-order valence-corrected chi connectivity index (χ2v) is 2.78. The van der Waals surface area contributed by atoms with E-state index in [0.717, 1.165) is 24.7 Å². The van der Waals surface area contributed by atoms with Crippen LogP contribution >= 0.6 is 0 Å². The molecule has 0 saturated heterocycles. The zero-order valence-corrected chi connectivity index (χ0v) is 7.87. The Labute approximate surface area is 72.6 Å². The Bertz CT molecular complexity index is 244. The third-order valence-electron chi connectivity index (χ3n) is 1.76. The van der Waals surface area contributed by atoms with Crippen molar-refractivity contribution in [3.8, 4) is 0 Å². The molecule has 0 saturated carbocycles. The number of ether oxygens (including phenoxy) is 1. The molecular weight excluding hydrogens is 154 g/mol. The summed E-state index contributed by atoms with van der Waals surface area (Å²) in [6.45, 7) is 5.36. The lowest BCUT2D eigenvalue weighted by molar-refractivity contribution is 0.114. The summed E-state index contributed by atoms with van der Waals surface area (Å²) >= 11 is 0. The molecule has 0 atom stereocenters. The minimum absolute atomic E-state index is 0.561. The first kappa shape index (κ1) is 9.19. The van der Waals surface area contributed by atoms with Gasteiger partial charge in [-0.2, -0.15) is 0 Å². The summed E-state index contributed by atoms with van der Waals surface area (Å²) in [7, 11) is 1.94. The monoisotopic (exact) mass is 169 g/mol. The van der Waals surface area contributed by atoms with Gasteiger partial charge in [-0.05, 0) is 13.3 Å². The van der Waals surface area contributed by atoms with E-state index in [1.54, 1.807) is 0 Å². The highest BCUT2D eigenvalue weighted by atomic mass is 16.5. The average molecular weight is 169 g/mol. The highest BCUT2D eigenvalue weighted by Gasteiger charge is 2.03. The van der Waals surface area contributed by atoms with E-state index in [2.05, 4.69) is 17.1 Å². The number of hydrogen-bond acceptors (Lipinski definition) is 3. The highest BCUT2D eigenvalue weighted by molar-refractivity contribution is 4.90. The topological polar surface area (TPSA) is 39.9 Å². The quantitative estimate of drug-likeness (QED) is 0.632. The van der Waals surface area contributed by atoms with Crippen molar-refractivity contribution in [1.29, 1.82) is 0 Å². The van der Waals surface area contributed by atoms with Crippen LogP contribution < -0.4 is 0 Å². The predicted molar refractivity (Wildman–Crippen MR) is 45.7 cm³/mol. The van der Waals surface area contributed by atoms with Crippen LogP contribution in [0.5, 0.6) is 0 Å². The van der Waals surface area contributed by atoms with Gasteiger partial charge in [-0.25, -0.2) is 0 Å². The molecule has 0 unspecified atom stereocenters. The predicted octanol–water partition coefficient (Wildman–Crippen LogP) is 1.05. The van der Waals surface area contributed by atoms with E-state index in [9.17, 15) is 0 Å². The van der Waals surface area contributed by atoms with Crippen LogP contribution in [0, 0.1) is 6.92 Å². The van der Waals surface area contributed by atoms with Gasteiger partial charge in [-0.15, -0.1) is 10.2 Å². The normalized spacial score (nSPS) is 10.6. The first-order valence-electron chi connectivity index (χ1n) is 4.18. The van der Waals surface area contributed by atoms with Gasteiger partial charge < -0.3 is 9.30 Å². The summed E-state index contributed by atoms with van der Waals surface area (Å²) in [6, 6.07) is 0. The van der Waals surface area contributed by atoms with E-state index < -0.39 is 0 Å². The van der Waals surface area contributed by atoms with Gasteiger partial charge in [0.25, 0.3) is 0 Å². The molecule has 1 rings (SSSR count). The van der Waals surface area contributed by atoms with E-state index in [0.29, 0.717) is 6.61 Å². The van der Waals surface area contributed by atoms with Crippen LogP contribution in [-0.2, 0) is 18.4 Å². The number of rotatable bonds is 4. The fourth-order valence-corrected chi connectivity index (χ4v) is 0.884. The van der Waals surface area contributed by atoms with Crippen LogP contribution in [0.1, 0.15) is 25.0 Å². The van der Waals surface area contributed by atoms with Crippen molar-refractivity contribution in [2.75, 3.05) is 6.61 Å². The molecule has 0 bridgehead atoms. The maximum atomic E-state index is 5.34. The minimum Gasteiger partial charge on any atom is -0.373 e. The number of aromatic nitrogens is 3. The van der Waals surface area contributed by atoms with Crippen molar-refractivity contribution in [2.24, 2.45) is 7.05 Å². The van der Waals surface area contributed by atoms with Crippen LogP contribution in [0.3, 0.4) is 0 Å². The molecule has 0 aliphatic carbocycles. The van der Waals surface area contributed by atoms with Crippen LogP contribution in [0.4, 0.5) is 0 Å². The summed E-state index contributed by atoms with van der Waals surface area (Å²) in [5, 5.41) is 7.90. The maximum absolute atomic E-state index is 5.34. The Morgan fingerprint density at radius 1 is 1.42 bits per heavy atom. The number of hydrogen-bond donors (Lipinski definition) is 0. The molecule has 0 aromatic carbocycles. The van der Waals surface area contributed by atoms with Gasteiger partial charge in [0.2, 0.25) is 0 Å². The summed E-state index contributed by atoms with van der Waals surface area (Å²) in [5.41, 5.74) is 0. The standard InChI is InChI=1S/C8H15N3O/c1-4-5-12-6-8-10-9-7(2)11(8)3/h4-6H2,1-3H3. The third kappa shape index (κ3) is 2.04. The molecule has 1 aromatic heterocycles. The van der Waals surface area contributed by atoms with Crippen molar-refractivity contribution in [3.05, 3.63) is 11.6 Å². The highest BCUT2D eigenvalue weighted by Crippen LogP contribution is 1.99. The van der Waals surface area contributed by atoms with Crippen molar-refractivity contribution >= 4 is 0 Å². The van der Waals surface area contributed by atoms with Crippen LogP contribution in [0.15, 0.2) is 0 Å². The minimum atomic E-state index is 0.561. The third-order valence-corrected chi connectivity index (χ3v) is 1.76. The van der Waals surface area contributed by atoms with Crippen LogP contribution in [0.25, 0.3) is 0 Å². The van der Waals surface area contributed by atoms with E-state index >= 15 is 0 Å². The molecule has 0 fully saturated rings. The molecule has 0 N–H and O–H groups in total. The van der Waals surface area contributed by atoms with Crippen molar-refractivity contribution in [1.82, 2.24) is 14.8 Å². The second kappa shape index (κ2) is 4.21. The van der Waals surface area contributed by atoms with Gasteiger partial charge in [0.05, 0.1) is 0 Å². The molecule has 0 amide bonds. The molecule has 0 radical (unpaired) electrons. The maximum Gasteiger partial charge on any atom is 0.158 e. The van der Waals surface area contributed by atoms with Crippen LogP contribution in [0.2, 0.25) is 0 Å². The Morgan fingerprint density at radius 3 is 2.67 bits per heavy atom. The first-order chi connectivity index (χ1) is 5.75. The van der Waals surface area contributed by atoms with Crippen molar-refractivity contribution in [3.63, 3.8) is 0 Å². The first-order valence-corrected chi connectivity index (χ1v) is 4.18. The fraction of sp³-hybridized carbons (Fsp3) is 0.750. The molecule has 0 spiro atoms. The van der Waals surface area contributed by atoms with E-state index in [4.69, 9.17) is 4.74 Å². The molecule has 1 aromatic rings. The van der Waals surface area contributed by atoms with E-state index in [-0.39, 0.29) is 0 Å². The Balaban J connectivity index is 2.46. The fourth-order valence-electron chi connectivity index (χ4n) is 0.884. The molecule has 1 heterocycles. The lowest BCUT2D eigenvalue weighted by Crippen LogP contribution is -2.02. The Hall–Kier alpha value is -0.900. The SMILES string of the molecule is CCCOCc1nnc(C)n1C. The van der Waals surface area contributed by atoms with Gasteiger partial charge in [-0.1, -0.05) is 6.92 Å². The largest absolute Gasteiger partial charge is 0.373 e. The zero-order chi connectivity index (χ0) is 8.97. The van der Waals surface area contributed by atoms with E-state index in [1.807, 2.05) is 18.5 Å². The van der Waals surface area contributed by atoms with Crippen molar-refractivity contribution < 1.29 is 4.74 Å². The molecule has 4 heteroatoms. The van der Waals surface area contributed by atoms with E-state index in [1.165, 1.54) is 0 Å². The molecular formula is C8H15N3O.